The standard InChI is InChI=1S/C9H15ClN2S/c1-7(3-4-10)5-11-9-12-8(2)6-13-9/h6-7H,3-5H2,1-2H3,(H,11,12). The number of nitrogens with one attached hydrogen (secondary N) is 1. The highest BCUT2D eigenvalue weighted by molar-refractivity contribution is 7.13. The van der Waals surface area contributed by atoms with E-state index < -0.39 is 0 Å². The highest BCUT2D eigenvalue weighted by Crippen LogP contribution is 2.15. The Kier molecular flexibility index (Phi) is 4.53. The summed E-state index contributed by atoms with van der Waals surface area (Å²) >= 11 is 7.30. The van der Waals surface area contributed by atoms with Crippen molar-refractivity contribution in [1.82, 2.24) is 4.98 Å². The molecule has 1 unspecified atom stereocenters. The summed E-state index contributed by atoms with van der Waals surface area (Å²) in [5, 5.41) is 6.36. The van der Waals surface area contributed by atoms with Crippen molar-refractivity contribution in [3.05, 3.63) is 11.1 Å². The molecule has 1 heterocycles. The molecule has 1 aromatic rings. The topological polar surface area (TPSA) is 24.9 Å². The largest absolute Gasteiger partial charge is 0.361 e. The van der Waals surface area contributed by atoms with Gasteiger partial charge in [0.1, 0.15) is 0 Å². The molecule has 0 aliphatic carbocycles. The average molecular weight is 219 g/mol. The van der Waals surface area contributed by atoms with Crippen molar-refractivity contribution in [3.63, 3.8) is 0 Å². The third-order valence-corrected chi connectivity index (χ3v) is 2.96. The number of nitrogens with zero attached hydrogens (tertiary/aromatic N) is 1. The van der Waals surface area contributed by atoms with E-state index in [-0.39, 0.29) is 0 Å². The molecule has 13 heavy (non-hydrogen) atoms. The molecule has 0 aliphatic rings. The molecule has 0 amide bonds. The molecule has 74 valence electrons. The van der Waals surface area contributed by atoms with Crippen LogP contribution in [-0.2, 0) is 0 Å². The van der Waals surface area contributed by atoms with Crippen molar-refractivity contribution in [2.75, 3.05) is 17.7 Å². The second-order valence-corrected chi connectivity index (χ2v) is 4.49. The van der Waals surface area contributed by atoms with Crippen LogP contribution in [0.1, 0.15) is 19.0 Å². The number of halogens is 1. The van der Waals surface area contributed by atoms with E-state index in [1.165, 1.54) is 0 Å². The Balaban J connectivity index is 2.26. The van der Waals surface area contributed by atoms with Gasteiger partial charge in [-0.2, -0.15) is 0 Å². The fourth-order valence-electron chi connectivity index (χ4n) is 0.985. The van der Waals surface area contributed by atoms with Gasteiger partial charge in [-0.3, -0.25) is 0 Å². The monoisotopic (exact) mass is 218 g/mol. The minimum Gasteiger partial charge on any atom is -0.361 e. The zero-order chi connectivity index (χ0) is 9.68. The predicted octanol–water partition coefficient (Wildman–Crippen LogP) is 3.13. The lowest BCUT2D eigenvalue weighted by Gasteiger charge is -2.09. The third-order valence-electron chi connectivity index (χ3n) is 1.82. The van der Waals surface area contributed by atoms with Crippen molar-refractivity contribution in [3.8, 4) is 0 Å². The molecule has 0 saturated heterocycles. The van der Waals surface area contributed by atoms with Gasteiger partial charge < -0.3 is 5.32 Å². The molecular weight excluding hydrogens is 204 g/mol. The first kappa shape index (κ1) is 10.8. The number of aromatic nitrogens is 1. The first-order valence-corrected chi connectivity index (χ1v) is 5.85. The summed E-state index contributed by atoms with van der Waals surface area (Å²) < 4.78 is 0. The minimum absolute atomic E-state index is 0.613. The zero-order valence-electron chi connectivity index (χ0n) is 8.01. The van der Waals surface area contributed by atoms with Crippen LogP contribution in [0, 0.1) is 12.8 Å². The van der Waals surface area contributed by atoms with E-state index >= 15 is 0 Å². The van der Waals surface area contributed by atoms with Gasteiger partial charge in [-0.25, -0.2) is 4.98 Å². The Morgan fingerprint density at radius 3 is 3.00 bits per heavy atom. The van der Waals surface area contributed by atoms with E-state index in [1.54, 1.807) is 11.3 Å². The van der Waals surface area contributed by atoms with Crippen LogP contribution in [-0.4, -0.2) is 17.4 Å². The summed E-state index contributed by atoms with van der Waals surface area (Å²) in [4.78, 5) is 4.32. The van der Waals surface area contributed by atoms with Crippen LogP contribution in [0.25, 0.3) is 0 Å². The van der Waals surface area contributed by atoms with E-state index in [9.17, 15) is 0 Å². The fraction of sp³-hybridized carbons (Fsp3) is 0.667. The molecule has 0 spiro atoms. The van der Waals surface area contributed by atoms with Gasteiger partial charge in [-0.1, -0.05) is 6.92 Å². The Morgan fingerprint density at radius 1 is 1.69 bits per heavy atom. The van der Waals surface area contributed by atoms with E-state index in [4.69, 9.17) is 11.6 Å². The van der Waals surface area contributed by atoms with Crippen LogP contribution in [0.4, 0.5) is 5.13 Å². The van der Waals surface area contributed by atoms with Gasteiger partial charge in [0.05, 0.1) is 5.69 Å². The summed E-state index contributed by atoms with van der Waals surface area (Å²) in [5.74, 6) is 1.35. The minimum atomic E-state index is 0.613. The maximum Gasteiger partial charge on any atom is 0.182 e. The number of alkyl halides is 1. The number of thiazole rings is 1. The molecule has 0 aromatic carbocycles. The summed E-state index contributed by atoms with van der Waals surface area (Å²) in [6.45, 7) is 5.15. The molecule has 0 aliphatic heterocycles. The van der Waals surface area contributed by atoms with Crippen molar-refractivity contribution >= 4 is 28.1 Å². The highest BCUT2D eigenvalue weighted by Gasteiger charge is 2.02. The van der Waals surface area contributed by atoms with Crippen molar-refractivity contribution in [2.24, 2.45) is 5.92 Å². The molecule has 1 rings (SSSR count). The number of rotatable bonds is 5. The predicted molar refractivity (Wildman–Crippen MR) is 59.8 cm³/mol. The lowest BCUT2D eigenvalue weighted by molar-refractivity contribution is 0.597. The SMILES string of the molecule is Cc1csc(NCC(C)CCCl)n1. The van der Waals surface area contributed by atoms with E-state index in [2.05, 4.69) is 22.6 Å². The molecule has 0 bridgehead atoms. The van der Waals surface area contributed by atoms with E-state index in [0.717, 1.165) is 29.7 Å². The first-order chi connectivity index (χ1) is 6.22. The summed E-state index contributed by atoms with van der Waals surface area (Å²) in [6.07, 6.45) is 1.05. The molecule has 0 radical (unpaired) electrons. The van der Waals surface area contributed by atoms with Gasteiger partial charge in [-0.15, -0.1) is 22.9 Å². The zero-order valence-corrected chi connectivity index (χ0v) is 9.58. The smallest absolute Gasteiger partial charge is 0.182 e. The van der Waals surface area contributed by atoms with Gasteiger partial charge >= 0.3 is 0 Å². The molecule has 2 nitrogen and oxygen atoms in total. The quantitative estimate of drug-likeness (QED) is 0.769. The van der Waals surface area contributed by atoms with Gasteiger partial charge in [0.2, 0.25) is 0 Å². The van der Waals surface area contributed by atoms with Gasteiger partial charge in [-0.05, 0) is 19.3 Å². The molecule has 1 atom stereocenters. The second kappa shape index (κ2) is 5.45. The van der Waals surface area contributed by atoms with Crippen LogP contribution in [0.15, 0.2) is 5.38 Å². The Hall–Kier alpha value is -0.280. The second-order valence-electron chi connectivity index (χ2n) is 3.26. The summed E-state index contributed by atoms with van der Waals surface area (Å²) in [5.41, 5.74) is 1.08. The van der Waals surface area contributed by atoms with Gasteiger partial charge in [0.25, 0.3) is 0 Å². The fourth-order valence-corrected chi connectivity index (χ4v) is 2.06. The highest BCUT2D eigenvalue weighted by atomic mass is 35.5. The van der Waals surface area contributed by atoms with Crippen LogP contribution < -0.4 is 5.32 Å². The van der Waals surface area contributed by atoms with E-state index in [1.807, 2.05) is 6.92 Å². The van der Waals surface area contributed by atoms with Crippen LogP contribution >= 0.6 is 22.9 Å². The lowest BCUT2D eigenvalue weighted by atomic mass is 10.1. The third kappa shape index (κ3) is 3.96. The van der Waals surface area contributed by atoms with Gasteiger partial charge in [0, 0.05) is 17.8 Å². The molecular formula is C9H15ClN2S. The number of anilines is 1. The normalized spacial score (nSPS) is 12.8. The number of hydrogen-bond donors (Lipinski definition) is 1. The Labute approximate surface area is 88.3 Å². The first-order valence-electron chi connectivity index (χ1n) is 4.44. The van der Waals surface area contributed by atoms with Crippen molar-refractivity contribution < 1.29 is 0 Å². The van der Waals surface area contributed by atoms with Crippen molar-refractivity contribution in [1.29, 1.82) is 0 Å². The molecule has 0 fully saturated rings. The maximum absolute atomic E-state index is 5.64. The Bertz CT molecular complexity index is 250. The molecule has 1 aromatic heterocycles. The average Bonchev–Trinajstić information content (AvgIpc) is 2.49. The summed E-state index contributed by atoms with van der Waals surface area (Å²) in [7, 11) is 0. The lowest BCUT2D eigenvalue weighted by Crippen LogP contribution is -2.11. The van der Waals surface area contributed by atoms with Crippen LogP contribution in [0.5, 0.6) is 0 Å². The molecule has 1 N–H and O–H groups in total. The van der Waals surface area contributed by atoms with E-state index in [0.29, 0.717) is 5.92 Å². The van der Waals surface area contributed by atoms with Gasteiger partial charge in [0.15, 0.2) is 5.13 Å². The maximum atomic E-state index is 5.64. The number of hydrogen-bond acceptors (Lipinski definition) is 3. The Morgan fingerprint density at radius 2 is 2.46 bits per heavy atom. The molecule has 4 heteroatoms. The molecule has 0 saturated carbocycles. The number of aryl methyl sites for hydroxylation is 1. The van der Waals surface area contributed by atoms with Crippen molar-refractivity contribution in [2.45, 2.75) is 20.3 Å². The van der Waals surface area contributed by atoms with Crippen LogP contribution in [0.3, 0.4) is 0 Å². The summed E-state index contributed by atoms with van der Waals surface area (Å²) in [6, 6.07) is 0. The van der Waals surface area contributed by atoms with Crippen LogP contribution in [0.2, 0.25) is 0 Å².